The van der Waals surface area contributed by atoms with Crippen LogP contribution in [0.5, 0.6) is 5.75 Å². The number of piperidine rings is 1. The fourth-order valence-electron chi connectivity index (χ4n) is 4.45. The van der Waals surface area contributed by atoms with E-state index in [1.165, 1.54) is 10.9 Å². The number of sulfonamides is 1. The molecule has 4 aromatic rings. The van der Waals surface area contributed by atoms with E-state index < -0.39 is 10.0 Å². The van der Waals surface area contributed by atoms with E-state index in [-0.39, 0.29) is 0 Å². The summed E-state index contributed by atoms with van der Waals surface area (Å²) in [5.74, 6) is 1.10. The summed E-state index contributed by atoms with van der Waals surface area (Å²) >= 11 is 0. The van der Waals surface area contributed by atoms with Gasteiger partial charge in [0.25, 0.3) is 0 Å². The van der Waals surface area contributed by atoms with Crippen molar-refractivity contribution in [1.29, 1.82) is 0 Å². The number of hydrogen-bond donors (Lipinski definition) is 1. The Morgan fingerprint density at radius 3 is 2.53 bits per heavy atom. The Kier molecular flexibility index (Phi) is 5.48. The highest BCUT2D eigenvalue weighted by molar-refractivity contribution is 7.89. The van der Waals surface area contributed by atoms with E-state index in [0.29, 0.717) is 29.7 Å². The van der Waals surface area contributed by atoms with Crippen LogP contribution in [0.3, 0.4) is 0 Å². The molecule has 1 N–H and O–H groups in total. The fraction of sp³-hybridized carbons (Fsp3) is 0.292. The number of nitrogens with one attached hydrogen (secondary N) is 1. The van der Waals surface area contributed by atoms with Crippen molar-refractivity contribution in [1.82, 2.24) is 19.1 Å². The predicted molar refractivity (Wildman–Crippen MR) is 124 cm³/mol. The molecular weight excluding hydrogens is 424 g/mol. The number of fused-ring (bicyclic) bond motifs is 1. The van der Waals surface area contributed by atoms with E-state index in [1.807, 2.05) is 12.4 Å². The molecule has 0 unspecified atom stereocenters. The fourth-order valence-corrected chi connectivity index (χ4v) is 5.92. The molecule has 7 nitrogen and oxygen atoms in total. The summed E-state index contributed by atoms with van der Waals surface area (Å²) in [6, 6.07) is 15.2. The van der Waals surface area contributed by atoms with Crippen LogP contribution >= 0.6 is 0 Å². The van der Waals surface area contributed by atoms with Crippen LogP contribution < -0.4 is 4.74 Å². The zero-order chi connectivity index (χ0) is 22.1. The summed E-state index contributed by atoms with van der Waals surface area (Å²) in [5.41, 5.74) is 3.41. The highest BCUT2D eigenvalue weighted by atomic mass is 32.2. The third-order valence-corrected chi connectivity index (χ3v) is 8.24. The average molecular weight is 451 g/mol. The third kappa shape index (κ3) is 3.91. The highest BCUT2D eigenvalue weighted by Crippen LogP contribution is 2.29. The molecule has 3 heterocycles. The van der Waals surface area contributed by atoms with Crippen molar-refractivity contribution >= 4 is 20.9 Å². The minimum atomic E-state index is -3.47. The second kappa shape index (κ2) is 8.44. The molecule has 32 heavy (non-hydrogen) atoms. The van der Waals surface area contributed by atoms with Crippen LogP contribution in [0.1, 0.15) is 12.8 Å². The zero-order valence-corrected chi connectivity index (χ0v) is 18.8. The number of aromatic amines is 1. The second-order valence-corrected chi connectivity index (χ2v) is 10.2. The van der Waals surface area contributed by atoms with Crippen molar-refractivity contribution in [3.63, 3.8) is 0 Å². The minimum absolute atomic E-state index is 0.321. The van der Waals surface area contributed by atoms with Crippen molar-refractivity contribution in [3.8, 4) is 16.9 Å². The highest BCUT2D eigenvalue weighted by Gasteiger charge is 2.29. The van der Waals surface area contributed by atoms with E-state index in [1.54, 1.807) is 35.7 Å². The number of methoxy groups -OCH3 is 1. The van der Waals surface area contributed by atoms with Crippen LogP contribution in [0, 0.1) is 5.92 Å². The first-order valence-corrected chi connectivity index (χ1v) is 12.2. The Morgan fingerprint density at radius 2 is 1.84 bits per heavy atom. The van der Waals surface area contributed by atoms with Gasteiger partial charge in [-0.2, -0.15) is 9.40 Å². The van der Waals surface area contributed by atoms with Crippen molar-refractivity contribution in [2.45, 2.75) is 24.3 Å². The molecule has 166 valence electrons. The molecule has 0 aliphatic carbocycles. The Labute approximate surface area is 187 Å². The van der Waals surface area contributed by atoms with Gasteiger partial charge in [-0.15, -0.1) is 0 Å². The van der Waals surface area contributed by atoms with E-state index in [0.717, 1.165) is 30.5 Å². The van der Waals surface area contributed by atoms with Gasteiger partial charge in [0, 0.05) is 48.5 Å². The van der Waals surface area contributed by atoms with Gasteiger partial charge in [-0.3, -0.25) is 5.10 Å². The van der Waals surface area contributed by atoms with E-state index in [9.17, 15) is 8.42 Å². The first-order chi connectivity index (χ1) is 15.5. The number of ether oxygens (including phenoxy) is 1. The normalized spacial score (nSPS) is 15.9. The topological polar surface area (TPSA) is 80.2 Å². The number of hydrogen-bond acceptors (Lipinski definition) is 4. The molecule has 0 amide bonds. The Bertz CT molecular complexity index is 1300. The molecule has 5 rings (SSSR count). The summed E-state index contributed by atoms with van der Waals surface area (Å²) < 4.78 is 35.0. The van der Waals surface area contributed by atoms with Gasteiger partial charge in [-0.1, -0.05) is 6.07 Å². The van der Waals surface area contributed by atoms with Crippen molar-refractivity contribution in [3.05, 3.63) is 67.1 Å². The summed E-state index contributed by atoms with van der Waals surface area (Å²) in [4.78, 5) is 0.321. The molecule has 1 fully saturated rings. The number of nitrogens with zero attached hydrogens (tertiary/aromatic N) is 3. The molecular formula is C24H26N4O3S. The van der Waals surface area contributed by atoms with Crippen molar-refractivity contribution in [2.24, 2.45) is 5.92 Å². The summed E-state index contributed by atoms with van der Waals surface area (Å²) in [7, 11) is -1.90. The Morgan fingerprint density at radius 1 is 1.06 bits per heavy atom. The number of rotatable bonds is 6. The average Bonchev–Trinajstić information content (AvgIpc) is 3.50. The van der Waals surface area contributed by atoms with Gasteiger partial charge in [-0.25, -0.2) is 8.42 Å². The molecule has 1 saturated heterocycles. The first-order valence-electron chi connectivity index (χ1n) is 10.8. The lowest BCUT2D eigenvalue weighted by atomic mass is 9.98. The first kappa shape index (κ1) is 20.8. The van der Waals surface area contributed by atoms with Gasteiger partial charge >= 0.3 is 0 Å². The number of aromatic nitrogens is 3. The van der Waals surface area contributed by atoms with E-state index in [4.69, 9.17) is 4.74 Å². The molecule has 0 radical (unpaired) electrons. The molecule has 1 aliphatic heterocycles. The molecule has 0 spiro atoms. The van der Waals surface area contributed by atoms with Crippen LogP contribution in [-0.2, 0) is 16.6 Å². The molecule has 1 aliphatic rings. The van der Waals surface area contributed by atoms with Crippen LogP contribution in [0.4, 0.5) is 0 Å². The van der Waals surface area contributed by atoms with E-state index >= 15 is 0 Å². The largest absolute Gasteiger partial charge is 0.497 e. The minimum Gasteiger partial charge on any atom is -0.497 e. The van der Waals surface area contributed by atoms with Gasteiger partial charge in [0.1, 0.15) is 5.75 Å². The van der Waals surface area contributed by atoms with Crippen LogP contribution in [-0.4, -0.2) is 47.7 Å². The van der Waals surface area contributed by atoms with Gasteiger partial charge in [0.2, 0.25) is 10.0 Å². The Balaban J connectivity index is 1.25. The second-order valence-electron chi connectivity index (χ2n) is 8.25. The smallest absolute Gasteiger partial charge is 0.243 e. The van der Waals surface area contributed by atoms with Crippen LogP contribution in [0.2, 0.25) is 0 Å². The summed E-state index contributed by atoms with van der Waals surface area (Å²) in [5, 5.41) is 8.08. The molecule has 2 aromatic carbocycles. The monoisotopic (exact) mass is 450 g/mol. The molecule has 8 heteroatoms. The maximum atomic E-state index is 13.0. The third-order valence-electron chi connectivity index (χ3n) is 6.33. The standard InChI is InChI=1S/C24H26N4O3S/c1-31-22-3-5-23(6-4-22)32(29,30)28-12-8-18(9-13-28)17-27-11-10-20-14-19(2-7-24(20)27)21-15-25-26-16-21/h2-7,10-11,14-16,18H,8-9,12-13,17H2,1H3,(H,25,26). The maximum absolute atomic E-state index is 13.0. The molecule has 2 aromatic heterocycles. The SMILES string of the molecule is COc1ccc(S(=O)(=O)N2CCC(Cn3ccc4cc(-c5cn[nH]c5)ccc43)CC2)cc1. The Hall–Kier alpha value is -3.10. The lowest BCUT2D eigenvalue weighted by molar-refractivity contribution is 0.254. The molecule has 0 saturated carbocycles. The van der Waals surface area contributed by atoms with Gasteiger partial charge in [0.05, 0.1) is 18.2 Å². The van der Waals surface area contributed by atoms with Crippen LogP contribution in [0.25, 0.3) is 22.0 Å². The van der Waals surface area contributed by atoms with Crippen molar-refractivity contribution in [2.75, 3.05) is 20.2 Å². The lowest BCUT2D eigenvalue weighted by Gasteiger charge is -2.31. The van der Waals surface area contributed by atoms with Gasteiger partial charge in [0.15, 0.2) is 0 Å². The quantitative estimate of drug-likeness (QED) is 0.479. The molecule has 0 atom stereocenters. The summed E-state index contributed by atoms with van der Waals surface area (Å²) in [6.07, 6.45) is 7.55. The van der Waals surface area contributed by atoms with Crippen LogP contribution in [0.15, 0.2) is 72.0 Å². The number of H-pyrrole nitrogens is 1. The van der Waals surface area contributed by atoms with Gasteiger partial charge in [-0.05, 0) is 66.8 Å². The maximum Gasteiger partial charge on any atom is 0.243 e. The summed E-state index contributed by atoms with van der Waals surface area (Å²) in [6.45, 7) is 1.98. The molecule has 0 bridgehead atoms. The van der Waals surface area contributed by atoms with E-state index in [2.05, 4.69) is 45.2 Å². The zero-order valence-electron chi connectivity index (χ0n) is 17.9. The van der Waals surface area contributed by atoms with Gasteiger partial charge < -0.3 is 9.30 Å². The number of benzene rings is 2. The lowest BCUT2D eigenvalue weighted by Crippen LogP contribution is -2.39. The predicted octanol–water partition coefficient (Wildman–Crippen LogP) is 4.14. The van der Waals surface area contributed by atoms with Crippen molar-refractivity contribution < 1.29 is 13.2 Å².